The molecule has 5 heteroatoms. The van der Waals surface area contributed by atoms with Crippen LogP contribution in [0.25, 0.3) is 6.08 Å². The lowest BCUT2D eigenvalue weighted by atomic mass is 10.2. The van der Waals surface area contributed by atoms with Gasteiger partial charge in [0, 0.05) is 19.2 Å². The van der Waals surface area contributed by atoms with Crippen molar-refractivity contribution < 1.29 is 19.4 Å². The highest BCUT2D eigenvalue weighted by Crippen LogP contribution is 2.13. The van der Waals surface area contributed by atoms with Crippen LogP contribution >= 0.6 is 0 Å². The number of benzene rings is 1. The number of nitrogens with one attached hydrogen (secondary N) is 1. The number of carbonyl (C=O) groups excluding carboxylic acids is 1. The molecule has 0 heterocycles. The van der Waals surface area contributed by atoms with E-state index in [0.29, 0.717) is 19.8 Å². The van der Waals surface area contributed by atoms with Crippen LogP contribution in [0.3, 0.4) is 0 Å². The van der Waals surface area contributed by atoms with Crippen LogP contribution in [0.4, 0.5) is 0 Å². The van der Waals surface area contributed by atoms with E-state index < -0.39 is 0 Å². The highest BCUT2D eigenvalue weighted by Gasteiger charge is 1.96. The smallest absolute Gasteiger partial charge is 0.244 e. The van der Waals surface area contributed by atoms with Gasteiger partial charge in [0.05, 0.1) is 20.3 Å². The molecular formula is C15H21NO4. The van der Waals surface area contributed by atoms with Crippen molar-refractivity contribution in [3.8, 4) is 5.75 Å². The Kier molecular flexibility index (Phi) is 8.10. The van der Waals surface area contributed by atoms with Crippen molar-refractivity contribution in [1.82, 2.24) is 5.32 Å². The minimum absolute atomic E-state index is 0.0234. The van der Waals surface area contributed by atoms with Gasteiger partial charge in [0.1, 0.15) is 5.75 Å². The van der Waals surface area contributed by atoms with Gasteiger partial charge < -0.3 is 19.9 Å². The Balaban J connectivity index is 2.25. The Bertz CT molecular complexity index is 432. The summed E-state index contributed by atoms with van der Waals surface area (Å²) in [5.41, 5.74) is 0.908. The maximum atomic E-state index is 11.5. The predicted molar refractivity (Wildman–Crippen MR) is 77.6 cm³/mol. The Morgan fingerprint density at radius 1 is 1.40 bits per heavy atom. The van der Waals surface area contributed by atoms with Crippen LogP contribution in [0.1, 0.15) is 12.0 Å². The number of hydrogen-bond donors (Lipinski definition) is 2. The Hall–Kier alpha value is -1.85. The van der Waals surface area contributed by atoms with E-state index in [0.717, 1.165) is 17.7 Å². The average Bonchev–Trinajstić information content (AvgIpc) is 2.49. The number of amides is 1. The third kappa shape index (κ3) is 6.92. The quantitative estimate of drug-likeness (QED) is 0.527. The van der Waals surface area contributed by atoms with E-state index in [1.807, 2.05) is 24.3 Å². The minimum Gasteiger partial charge on any atom is -0.497 e. The molecule has 2 N–H and O–H groups in total. The summed E-state index contributed by atoms with van der Waals surface area (Å²) in [6.45, 7) is 1.44. The standard InChI is InChI=1S/C15H21NO4/c1-19-14-5-2-4-13(12-14)6-7-15(18)16-8-3-10-20-11-9-17/h2,4-7,12,17H,3,8-11H2,1H3,(H,16,18)/b7-6+. The fraction of sp³-hybridized carbons (Fsp3) is 0.400. The summed E-state index contributed by atoms with van der Waals surface area (Å²) in [5.74, 6) is 0.614. The second-order valence-electron chi connectivity index (χ2n) is 4.09. The van der Waals surface area contributed by atoms with Crippen LogP contribution in [-0.2, 0) is 9.53 Å². The van der Waals surface area contributed by atoms with Crippen molar-refractivity contribution in [2.75, 3.05) is 33.5 Å². The third-order valence-electron chi connectivity index (χ3n) is 2.52. The lowest BCUT2D eigenvalue weighted by molar-refractivity contribution is -0.116. The number of ether oxygens (including phenoxy) is 2. The number of carbonyl (C=O) groups is 1. The molecule has 0 radical (unpaired) electrons. The van der Waals surface area contributed by atoms with Crippen LogP contribution in [-0.4, -0.2) is 44.5 Å². The van der Waals surface area contributed by atoms with Gasteiger partial charge in [0.25, 0.3) is 0 Å². The molecule has 1 aromatic carbocycles. The van der Waals surface area contributed by atoms with Crippen LogP contribution in [0.5, 0.6) is 5.75 Å². The largest absolute Gasteiger partial charge is 0.497 e. The molecule has 20 heavy (non-hydrogen) atoms. The Labute approximate surface area is 119 Å². The molecule has 0 saturated heterocycles. The van der Waals surface area contributed by atoms with E-state index in [4.69, 9.17) is 14.6 Å². The normalized spacial score (nSPS) is 10.7. The van der Waals surface area contributed by atoms with Gasteiger partial charge in [0.2, 0.25) is 5.91 Å². The zero-order valence-corrected chi connectivity index (χ0v) is 11.7. The average molecular weight is 279 g/mol. The monoisotopic (exact) mass is 279 g/mol. The van der Waals surface area contributed by atoms with Crippen molar-refractivity contribution in [1.29, 1.82) is 0 Å². The molecule has 0 aliphatic carbocycles. The molecule has 0 aliphatic rings. The van der Waals surface area contributed by atoms with Crippen molar-refractivity contribution in [2.45, 2.75) is 6.42 Å². The molecule has 0 unspecified atom stereocenters. The summed E-state index contributed by atoms with van der Waals surface area (Å²) in [6, 6.07) is 7.47. The Morgan fingerprint density at radius 2 is 2.25 bits per heavy atom. The van der Waals surface area contributed by atoms with Gasteiger partial charge in [-0.1, -0.05) is 12.1 Å². The maximum Gasteiger partial charge on any atom is 0.244 e. The highest BCUT2D eigenvalue weighted by atomic mass is 16.5. The number of aliphatic hydroxyl groups excluding tert-OH is 1. The second kappa shape index (κ2) is 10.00. The summed E-state index contributed by atoms with van der Waals surface area (Å²) in [4.78, 5) is 11.5. The van der Waals surface area contributed by atoms with Gasteiger partial charge >= 0.3 is 0 Å². The van der Waals surface area contributed by atoms with Crippen LogP contribution < -0.4 is 10.1 Å². The van der Waals surface area contributed by atoms with Crippen molar-refractivity contribution in [3.05, 3.63) is 35.9 Å². The predicted octanol–water partition coefficient (Wildman–Crippen LogP) is 1.22. The van der Waals surface area contributed by atoms with E-state index in [1.165, 1.54) is 6.08 Å². The van der Waals surface area contributed by atoms with Gasteiger partial charge in [-0.15, -0.1) is 0 Å². The molecule has 0 fully saturated rings. The van der Waals surface area contributed by atoms with E-state index in [9.17, 15) is 4.79 Å². The molecule has 0 aromatic heterocycles. The van der Waals surface area contributed by atoms with Crippen molar-refractivity contribution in [2.24, 2.45) is 0 Å². The number of methoxy groups -OCH3 is 1. The van der Waals surface area contributed by atoms with Gasteiger partial charge in [-0.25, -0.2) is 0 Å². The first-order chi connectivity index (χ1) is 9.76. The van der Waals surface area contributed by atoms with Crippen LogP contribution in [0.2, 0.25) is 0 Å². The van der Waals surface area contributed by atoms with E-state index in [-0.39, 0.29) is 12.5 Å². The van der Waals surface area contributed by atoms with E-state index in [2.05, 4.69) is 5.32 Å². The molecule has 110 valence electrons. The maximum absolute atomic E-state index is 11.5. The Morgan fingerprint density at radius 3 is 3.00 bits per heavy atom. The van der Waals surface area contributed by atoms with Gasteiger partial charge in [-0.2, -0.15) is 0 Å². The molecular weight excluding hydrogens is 258 g/mol. The summed E-state index contributed by atoms with van der Waals surface area (Å²) in [7, 11) is 1.61. The molecule has 0 aliphatic heterocycles. The zero-order valence-electron chi connectivity index (χ0n) is 11.7. The summed E-state index contributed by atoms with van der Waals surface area (Å²) in [5, 5.41) is 11.3. The summed E-state index contributed by atoms with van der Waals surface area (Å²) in [6.07, 6.45) is 3.95. The van der Waals surface area contributed by atoms with E-state index in [1.54, 1.807) is 13.2 Å². The first-order valence-electron chi connectivity index (χ1n) is 6.55. The molecule has 1 rings (SSSR count). The van der Waals surface area contributed by atoms with E-state index >= 15 is 0 Å². The van der Waals surface area contributed by atoms with Gasteiger partial charge in [0.15, 0.2) is 0 Å². The third-order valence-corrected chi connectivity index (χ3v) is 2.52. The zero-order chi connectivity index (χ0) is 14.6. The minimum atomic E-state index is -0.144. The molecule has 0 atom stereocenters. The first-order valence-corrected chi connectivity index (χ1v) is 6.55. The van der Waals surface area contributed by atoms with Crippen LogP contribution in [0, 0.1) is 0 Å². The second-order valence-corrected chi connectivity index (χ2v) is 4.09. The van der Waals surface area contributed by atoms with Gasteiger partial charge in [-0.05, 0) is 30.2 Å². The SMILES string of the molecule is COc1cccc(/C=C/C(=O)NCCCOCCO)c1. The first kappa shape index (κ1) is 16.2. The fourth-order valence-corrected chi connectivity index (χ4v) is 1.53. The molecule has 5 nitrogen and oxygen atoms in total. The van der Waals surface area contributed by atoms with Crippen molar-refractivity contribution >= 4 is 12.0 Å². The molecule has 1 amide bonds. The topological polar surface area (TPSA) is 67.8 Å². The molecule has 1 aromatic rings. The molecule has 0 bridgehead atoms. The van der Waals surface area contributed by atoms with Crippen molar-refractivity contribution in [3.63, 3.8) is 0 Å². The lowest BCUT2D eigenvalue weighted by Gasteiger charge is -2.03. The number of aliphatic hydroxyl groups is 1. The highest BCUT2D eigenvalue weighted by molar-refractivity contribution is 5.91. The molecule has 0 saturated carbocycles. The summed E-state index contributed by atoms with van der Waals surface area (Å²) >= 11 is 0. The number of rotatable bonds is 9. The summed E-state index contributed by atoms with van der Waals surface area (Å²) < 4.78 is 10.2. The lowest BCUT2D eigenvalue weighted by Crippen LogP contribution is -2.23. The number of hydrogen-bond acceptors (Lipinski definition) is 4. The fourth-order valence-electron chi connectivity index (χ4n) is 1.53. The molecule has 0 spiro atoms. The van der Waals surface area contributed by atoms with Crippen LogP contribution in [0.15, 0.2) is 30.3 Å². The van der Waals surface area contributed by atoms with Gasteiger partial charge in [-0.3, -0.25) is 4.79 Å².